The average Bonchev–Trinajstić information content (AvgIpc) is 3.42. The Morgan fingerprint density at radius 1 is 0.681 bits per heavy atom. The van der Waals surface area contributed by atoms with Crippen LogP contribution in [0.15, 0.2) is 0 Å². The summed E-state index contributed by atoms with van der Waals surface area (Å²) in [5, 5.41) is 0. The van der Waals surface area contributed by atoms with Crippen molar-refractivity contribution < 1.29 is 57.0 Å². The van der Waals surface area contributed by atoms with Gasteiger partial charge in [-0.15, -0.1) is 0 Å². The molecule has 10 rings (SSSR count). The normalized spacial score (nSPS) is 56.2. The van der Waals surface area contributed by atoms with Gasteiger partial charge in [0.05, 0.1) is 0 Å². The average molecular weight is 689 g/mol. The van der Waals surface area contributed by atoms with Crippen LogP contribution in [0.2, 0.25) is 0 Å². The maximum absolute atomic E-state index is 11.4. The van der Waals surface area contributed by atoms with E-state index in [4.69, 9.17) is 52.1 Å². The van der Waals surface area contributed by atoms with E-state index in [1.54, 1.807) is 0 Å². The van der Waals surface area contributed by atoms with Gasteiger partial charge in [0, 0.05) is 0 Å². The quantitative estimate of drug-likeness (QED) is 0.251. The first kappa shape index (κ1) is 34.1. The van der Waals surface area contributed by atoms with Crippen LogP contribution in [0.4, 0.5) is 0 Å². The van der Waals surface area contributed by atoms with E-state index in [2.05, 4.69) is 27.7 Å². The molecule has 1 N–H and O–H groups in total. The van der Waals surface area contributed by atoms with E-state index in [1.807, 2.05) is 13.8 Å². The van der Waals surface area contributed by atoms with Crippen molar-refractivity contribution in [1.82, 2.24) is 0 Å². The maximum atomic E-state index is 11.4. The molecular weight excluding hydrogens is 631 g/mol. The molecule has 270 valence electrons. The summed E-state index contributed by atoms with van der Waals surface area (Å²) in [7, 11) is -1.19. The zero-order valence-corrected chi connectivity index (χ0v) is 30.3. The van der Waals surface area contributed by atoms with Gasteiger partial charge < -0.3 is 0 Å². The summed E-state index contributed by atoms with van der Waals surface area (Å²) in [6.07, 6.45) is 5.40. The summed E-state index contributed by atoms with van der Waals surface area (Å²) in [5.74, 6) is 0.0218. The van der Waals surface area contributed by atoms with E-state index in [1.165, 1.54) is 14.2 Å². The van der Waals surface area contributed by atoms with Crippen LogP contribution in [-0.2, 0) is 52.1 Å². The minimum atomic E-state index is -4.02. The van der Waals surface area contributed by atoms with Crippen molar-refractivity contribution in [3.05, 3.63) is 0 Å². The molecule has 8 saturated heterocycles. The van der Waals surface area contributed by atoms with Gasteiger partial charge in [-0.25, -0.2) is 0 Å². The molecule has 2 saturated carbocycles. The summed E-state index contributed by atoms with van der Waals surface area (Å²) >= 11 is 0. The van der Waals surface area contributed by atoms with E-state index in [0.717, 1.165) is 51.4 Å². The molecule has 4 bridgehead atoms. The Hall–Kier alpha value is -0.0500. The van der Waals surface area contributed by atoms with Gasteiger partial charge in [-0.3, -0.25) is 0 Å². The zero-order chi connectivity index (χ0) is 33.1. The van der Waals surface area contributed by atoms with Gasteiger partial charge in [-0.2, -0.15) is 0 Å². The van der Waals surface area contributed by atoms with Gasteiger partial charge in [0.15, 0.2) is 0 Å². The van der Waals surface area contributed by atoms with Crippen LogP contribution < -0.4 is 0 Å². The third-order valence-corrected chi connectivity index (χ3v) is 15.8. The molecule has 8 heterocycles. The Labute approximate surface area is 279 Å². The molecule has 1 unspecified atom stereocenters. The van der Waals surface area contributed by atoms with E-state index in [9.17, 15) is 4.89 Å². The molecule has 0 aromatic rings. The van der Waals surface area contributed by atoms with Crippen LogP contribution in [-0.4, -0.2) is 72.8 Å². The van der Waals surface area contributed by atoms with E-state index < -0.39 is 55.7 Å². The summed E-state index contributed by atoms with van der Waals surface area (Å²) in [5.41, 5.74) is -1.37. The summed E-state index contributed by atoms with van der Waals surface area (Å²) in [6, 6.07) is 0. The van der Waals surface area contributed by atoms with E-state index in [0.29, 0.717) is 18.3 Å². The van der Waals surface area contributed by atoms with Crippen molar-refractivity contribution in [1.29, 1.82) is 0 Å². The fourth-order valence-corrected chi connectivity index (χ4v) is 12.4. The summed E-state index contributed by atoms with van der Waals surface area (Å²) in [6.45, 7) is 13.0. The number of ether oxygens (including phenoxy) is 4. The van der Waals surface area contributed by atoms with Crippen molar-refractivity contribution in [2.45, 2.75) is 153 Å². The number of hydrogen-bond donors (Lipinski definition) is 1. The Morgan fingerprint density at radius 3 is 1.72 bits per heavy atom. The molecule has 2 aliphatic carbocycles. The first-order valence-corrected chi connectivity index (χ1v) is 19.9. The predicted octanol–water partition coefficient (Wildman–Crippen LogP) is 5.96. The van der Waals surface area contributed by atoms with Crippen LogP contribution in [0.5, 0.6) is 0 Å². The van der Waals surface area contributed by atoms with Crippen molar-refractivity contribution in [2.24, 2.45) is 47.3 Å². The molecular formula is C34H57O12P. The third-order valence-electron chi connectivity index (χ3n) is 14.2. The van der Waals surface area contributed by atoms with Gasteiger partial charge in [0.2, 0.25) is 0 Å². The van der Waals surface area contributed by atoms with Crippen molar-refractivity contribution in [3.63, 3.8) is 0 Å². The summed E-state index contributed by atoms with van der Waals surface area (Å²) in [4.78, 5) is 36.3. The SMILES string of the molecule is CO[PH](O)(OC)O[C@@H](C[C@H]1O[C@@H]2O[C@]3(C)CC[C@H]4[C@H](C)CC[C@@H]([C@H]1C)[C@@]24OO3)C1O[C@@H]2O[C@]3(C)CC[C@H]4[C@H](C)CC[C@@H]([C@H]1C)[C@@]24OO3. The zero-order valence-electron chi connectivity index (χ0n) is 29.3. The van der Waals surface area contributed by atoms with E-state index in [-0.39, 0.29) is 41.6 Å². The van der Waals surface area contributed by atoms with Gasteiger partial charge in [0.1, 0.15) is 0 Å². The second-order valence-corrected chi connectivity index (χ2v) is 18.7. The van der Waals surface area contributed by atoms with Crippen LogP contribution >= 0.6 is 8.17 Å². The molecule has 0 aromatic heterocycles. The number of rotatable bonds is 7. The molecule has 47 heavy (non-hydrogen) atoms. The van der Waals surface area contributed by atoms with Crippen LogP contribution in [0, 0.1) is 47.3 Å². The molecule has 12 nitrogen and oxygen atoms in total. The van der Waals surface area contributed by atoms with Gasteiger partial charge in [-0.1, -0.05) is 0 Å². The second kappa shape index (κ2) is 11.7. The molecule has 10 fully saturated rings. The topological polar surface area (TPSA) is 122 Å². The Kier molecular flexibility index (Phi) is 8.50. The number of fused-ring (bicyclic) bond motifs is 4. The van der Waals surface area contributed by atoms with Crippen molar-refractivity contribution in [2.75, 3.05) is 14.2 Å². The van der Waals surface area contributed by atoms with Crippen LogP contribution in [0.3, 0.4) is 0 Å². The monoisotopic (exact) mass is 688 g/mol. The van der Waals surface area contributed by atoms with Crippen LogP contribution in [0.1, 0.15) is 99.3 Å². The molecule has 13 heteroatoms. The molecule has 0 radical (unpaired) electrons. The molecule has 8 aliphatic heterocycles. The molecule has 17 atom stereocenters. The first-order valence-electron chi connectivity index (χ1n) is 18.2. The standard InChI is InChI=1S/C34H57O12P/c1-18-9-11-24-20(3)26(38-29-33(24)22(18)13-15-31(5,40-29)43-45-33)17-27(42-47(35,36-7)37-8)28-21(4)25-12-10-19(2)23-14-16-32(6)41-30(39-28)34(23,25)46-44-32/h18-30,35,47H,9-17H2,1-8H3/t18-,19-,20-,21-,22+,23+,24+,25+,26-,27+,28?,29-,30-,31+,32+,33-,34-/m1/s1. The van der Waals surface area contributed by atoms with Gasteiger partial charge >= 0.3 is 280 Å². The first-order chi connectivity index (χ1) is 22.3. The Morgan fingerprint density at radius 2 is 1.19 bits per heavy atom. The van der Waals surface area contributed by atoms with Gasteiger partial charge in [0.25, 0.3) is 0 Å². The molecule has 10 aliphatic rings. The summed E-state index contributed by atoms with van der Waals surface area (Å²) < 4.78 is 44.9. The fourth-order valence-electron chi connectivity index (χ4n) is 11.5. The molecule has 2 spiro atoms. The van der Waals surface area contributed by atoms with Crippen LogP contribution in [0.25, 0.3) is 0 Å². The van der Waals surface area contributed by atoms with Gasteiger partial charge in [-0.05, 0) is 0 Å². The fraction of sp³-hybridized carbons (Fsp3) is 1.00. The van der Waals surface area contributed by atoms with Crippen molar-refractivity contribution >= 4 is 8.17 Å². The third kappa shape index (κ3) is 5.02. The predicted molar refractivity (Wildman–Crippen MR) is 168 cm³/mol. The van der Waals surface area contributed by atoms with Crippen molar-refractivity contribution in [3.8, 4) is 0 Å². The molecule has 0 aromatic carbocycles. The Bertz CT molecular complexity index is 1190. The second-order valence-electron chi connectivity index (χ2n) is 16.6. The minimum absolute atomic E-state index is 0.0150. The van der Waals surface area contributed by atoms with E-state index >= 15 is 0 Å². The number of hydrogen-bond acceptors (Lipinski definition) is 12. The molecule has 0 amide bonds. The Balaban J connectivity index is 1.13.